The molecule has 5 aromatic rings. The molecular formula is C37H28N2O5S4. The van der Waals surface area contributed by atoms with Gasteiger partial charge in [-0.3, -0.25) is 19.3 Å². The molecule has 1 unspecified atom stereocenters. The van der Waals surface area contributed by atoms with E-state index in [-0.39, 0.29) is 29.4 Å². The monoisotopic (exact) mass is 708 g/mol. The van der Waals surface area contributed by atoms with Gasteiger partial charge >= 0.3 is 5.97 Å². The molecule has 1 fully saturated rings. The quantitative estimate of drug-likeness (QED) is 0.0936. The Kier molecular flexibility index (Phi) is 9.62. The molecule has 2 amide bonds. The summed E-state index contributed by atoms with van der Waals surface area (Å²) in [4.78, 5) is 55.8. The number of β-lactam (4-membered cyclic amide) rings is 1. The van der Waals surface area contributed by atoms with Crippen LogP contribution in [0.4, 0.5) is 0 Å². The minimum atomic E-state index is -0.751. The summed E-state index contributed by atoms with van der Waals surface area (Å²) in [6, 6.07) is 31.1. The van der Waals surface area contributed by atoms with Gasteiger partial charge in [-0.1, -0.05) is 90.6 Å². The molecule has 11 heteroatoms. The van der Waals surface area contributed by atoms with Crippen molar-refractivity contribution >= 4 is 74.1 Å². The number of amides is 2. The van der Waals surface area contributed by atoms with E-state index in [4.69, 9.17) is 4.74 Å². The van der Waals surface area contributed by atoms with E-state index >= 15 is 0 Å². The molecule has 1 N–H and O–H groups in total. The Morgan fingerprint density at radius 2 is 1.65 bits per heavy atom. The molecule has 2 aliphatic heterocycles. The largest absolute Gasteiger partial charge is 0.448 e. The molecule has 7 nitrogen and oxygen atoms in total. The first-order valence-corrected chi connectivity index (χ1v) is 18.8. The first-order valence-electron chi connectivity index (χ1n) is 15.1. The summed E-state index contributed by atoms with van der Waals surface area (Å²) in [5, 5.41) is 6.86. The van der Waals surface area contributed by atoms with Crippen LogP contribution in [0.5, 0.6) is 0 Å². The third-order valence-corrected chi connectivity index (χ3v) is 12.2. The predicted octanol–water partition coefficient (Wildman–Crippen LogP) is 7.16. The maximum absolute atomic E-state index is 14.2. The summed E-state index contributed by atoms with van der Waals surface area (Å²) in [6.07, 6.45) is 1.30. The van der Waals surface area contributed by atoms with Crippen LogP contribution in [0, 0.1) is 0 Å². The molecule has 0 aliphatic carbocycles. The predicted molar refractivity (Wildman–Crippen MR) is 194 cm³/mol. The van der Waals surface area contributed by atoms with Crippen molar-refractivity contribution in [3.05, 3.63) is 157 Å². The molecule has 48 heavy (non-hydrogen) atoms. The standard InChI is InChI=1S/C37H28N2O5S4/c40-28-21-31(48-29-16-8-7-15-27(28)29)46-19-17-25-22-47-36-32(38-30(41)20-26-14-9-18-45-26)35(42)39(36)33(25)37(43)44-34(23-10-3-1-4-11-23)24-12-5-2-6-13-24/h1-19,21,32,34,36H,20,22H2,(H,38,41)/t32?,36-/m1/s1. The molecule has 0 radical (unpaired) electrons. The number of allylic oxidation sites excluding steroid dienone is 1. The van der Waals surface area contributed by atoms with Crippen LogP contribution in [-0.4, -0.2) is 39.9 Å². The third kappa shape index (κ3) is 6.77. The van der Waals surface area contributed by atoms with Gasteiger partial charge in [0, 0.05) is 26.8 Å². The first kappa shape index (κ1) is 32.1. The second kappa shape index (κ2) is 14.4. The Morgan fingerprint density at radius 3 is 2.35 bits per heavy atom. The highest BCUT2D eigenvalue weighted by Crippen LogP contribution is 2.42. The molecule has 0 spiro atoms. The number of fused-ring (bicyclic) bond motifs is 2. The summed E-state index contributed by atoms with van der Waals surface area (Å²) >= 11 is 5.86. The number of nitrogens with zero attached hydrogens (tertiary/aromatic N) is 1. The number of esters is 1. The van der Waals surface area contributed by atoms with E-state index < -0.39 is 23.5 Å². The van der Waals surface area contributed by atoms with Crippen LogP contribution in [0.1, 0.15) is 22.1 Å². The first-order chi connectivity index (χ1) is 23.5. The Bertz CT molecular complexity index is 2060. The number of carbonyl (C=O) groups is 3. The lowest BCUT2D eigenvalue weighted by Gasteiger charge is -2.49. The number of thioether (sulfide) groups is 2. The van der Waals surface area contributed by atoms with Crippen molar-refractivity contribution in [3.63, 3.8) is 0 Å². The molecule has 240 valence electrons. The van der Waals surface area contributed by atoms with Gasteiger partial charge in [0.2, 0.25) is 5.91 Å². The zero-order chi connectivity index (χ0) is 33.0. The van der Waals surface area contributed by atoms with Crippen LogP contribution in [0.3, 0.4) is 0 Å². The fraction of sp³-hybridized carbons (Fsp3) is 0.135. The normalized spacial score (nSPS) is 17.4. The molecule has 2 atom stereocenters. The van der Waals surface area contributed by atoms with Gasteiger partial charge in [-0.25, -0.2) is 4.79 Å². The van der Waals surface area contributed by atoms with E-state index in [1.54, 1.807) is 6.07 Å². The average molecular weight is 709 g/mol. The highest BCUT2D eigenvalue weighted by molar-refractivity contribution is 8.04. The Balaban J connectivity index is 1.18. The summed E-state index contributed by atoms with van der Waals surface area (Å²) in [6.45, 7) is 0. The number of thiophene rings is 1. The maximum Gasteiger partial charge on any atom is 0.356 e. The van der Waals surface area contributed by atoms with Crippen molar-refractivity contribution in [2.75, 3.05) is 5.75 Å². The zero-order valence-corrected chi connectivity index (χ0v) is 28.6. The Morgan fingerprint density at radius 1 is 0.938 bits per heavy atom. The minimum Gasteiger partial charge on any atom is -0.448 e. The SMILES string of the molecule is O=C(Cc1cccs1)NC1C(=O)N2C(C(=O)OC(c3ccccc3)c3ccccc3)=C(C=CSc3cc(=O)c4ccccc4s3)CS[C@H]12. The van der Waals surface area contributed by atoms with Crippen LogP contribution in [0.25, 0.3) is 10.1 Å². The number of benzene rings is 3. The molecule has 0 bridgehead atoms. The number of ether oxygens (including phenoxy) is 1. The number of rotatable bonds is 10. The van der Waals surface area contributed by atoms with Crippen LogP contribution >= 0.6 is 46.2 Å². The van der Waals surface area contributed by atoms with Gasteiger partial charge in [0.15, 0.2) is 11.5 Å². The summed E-state index contributed by atoms with van der Waals surface area (Å²) in [5.41, 5.74) is 2.33. The van der Waals surface area contributed by atoms with E-state index in [1.165, 1.54) is 51.1 Å². The molecule has 2 aliphatic rings. The zero-order valence-electron chi connectivity index (χ0n) is 25.3. The van der Waals surface area contributed by atoms with Crippen LogP contribution in [0.15, 0.2) is 140 Å². The fourth-order valence-electron chi connectivity index (χ4n) is 5.63. The summed E-state index contributed by atoms with van der Waals surface area (Å²) < 4.78 is 7.95. The number of hydrogen-bond donors (Lipinski definition) is 1. The molecule has 1 saturated heterocycles. The Hall–Kier alpha value is -4.42. The van der Waals surface area contributed by atoms with E-state index in [9.17, 15) is 19.2 Å². The highest BCUT2D eigenvalue weighted by atomic mass is 32.2. The Labute approximate surface area is 293 Å². The van der Waals surface area contributed by atoms with Gasteiger partial charge < -0.3 is 10.1 Å². The van der Waals surface area contributed by atoms with Crippen LogP contribution in [-0.2, 0) is 25.5 Å². The molecular weight excluding hydrogens is 681 g/mol. The fourth-order valence-corrected chi connectivity index (χ4v) is 9.63. The molecule has 2 aromatic heterocycles. The minimum absolute atomic E-state index is 0.0500. The van der Waals surface area contributed by atoms with Crippen molar-refractivity contribution < 1.29 is 19.1 Å². The maximum atomic E-state index is 14.2. The molecule has 0 saturated carbocycles. The van der Waals surface area contributed by atoms with Crippen LogP contribution in [0.2, 0.25) is 0 Å². The lowest BCUT2D eigenvalue weighted by molar-refractivity contribution is -0.154. The molecule has 3 aromatic carbocycles. The number of carbonyl (C=O) groups excluding carboxylic acids is 3. The number of nitrogens with one attached hydrogen (secondary N) is 1. The lowest BCUT2D eigenvalue weighted by atomic mass is 10.0. The van der Waals surface area contributed by atoms with E-state index in [0.717, 1.165) is 24.9 Å². The van der Waals surface area contributed by atoms with E-state index in [0.29, 0.717) is 16.7 Å². The topological polar surface area (TPSA) is 92.8 Å². The smallest absolute Gasteiger partial charge is 0.356 e. The average Bonchev–Trinajstić information content (AvgIpc) is 3.63. The van der Waals surface area contributed by atoms with Gasteiger partial charge in [0.25, 0.3) is 5.91 Å². The third-order valence-electron chi connectivity index (χ3n) is 7.92. The van der Waals surface area contributed by atoms with E-state index in [2.05, 4.69) is 5.32 Å². The van der Waals surface area contributed by atoms with Crippen molar-refractivity contribution in [2.24, 2.45) is 0 Å². The summed E-state index contributed by atoms with van der Waals surface area (Å²) in [5.74, 6) is -0.813. The number of hydrogen-bond acceptors (Lipinski definition) is 9. The van der Waals surface area contributed by atoms with E-state index in [1.807, 2.05) is 114 Å². The second-order valence-electron chi connectivity index (χ2n) is 11.0. The van der Waals surface area contributed by atoms with Gasteiger partial charge in [-0.05, 0) is 51.8 Å². The van der Waals surface area contributed by atoms with Crippen molar-refractivity contribution in [1.82, 2.24) is 10.2 Å². The van der Waals surface area contributed by atoms with Gasteiger partial charge in [0.1, 0.15) is 17.1 Å². The second-order valence-corrected chi connectivity index (χ2v) is 15.5. The lowest BCUT2D eigenvalue weighted by Crippen LogP contribution is -2.70. The van der Waals surface area contributed by atoms with Crippen molar-refractivity contribution in [2.45, 2.75) is 28.1 Å². The highest BCUT2D eigenvalue weighted by Gasteiger charge is 2.54. The van der Waals surface area contributed by atoms with Crippen molar-refractivity contribution in [1.29, 1.82) is 0 Å². The van der Waals surface area contributed by atoms with Gasteiger partial charge in [-0.2, -0.15) is 0 Å². The van der Waals surface area contributed by atoms with Gasteiger partial charge in [-0.15, -0.1) is 34.4 Å². The van der Waals surface area contributed by atoms with Crippen molar-refractivity contribution in [3.8, 4) is 0 Å². The molecule has 7 rings (SSSR count). The van der Waals surface area contributed by atoms with Crippen LogP contribution < -0.4 is 10.7 Å². The summed E-state index contributed by atoms with van der Waals surface area (Å²) in [7, 11) is 0. The van der Waals surface area contributed by atoms with Gasteiger partial charge in [0.05, 0.1) is 10.6 Å². The molecule has 4 heterocycles.